The van der Waals surface area contributed by atoms with E-state index in [4.69, 9.17) is 0 Å². The Kier molecular flexibility index (Phi) is 1.96. The van der Waals surface area contributed by atoms with Gasteiger partial charge in [0.05, 0.1) is 0 Å². The summed E-state index contributed by atoms with van der Waals surface area (Å²) in [6.07, 6.45) is 2.55. The maximum absolute atomic E-state index is 10.9. The average Bonchev–Trinajstić information content (AvgIpc) is 2.84. The molecular formula is C9H12N2O. The van der Waals surface area contributed by atoms with E-state index in [1.54, 1.807) is 6.07 Å². The molecule has 1 fully saturated rings. The van der Waals surface area contributed by atoms with Crippen LogP contribution in [0, 0.1) is 0 Å². The van der Waals surface area contributed by atoms with E-state index in [0.717, 1.165) is 12.2 Å². The summed E-state index contributed by atoms with van der Waals surface area (Å²) in [6.45, 7) is 0.779. The molecule has 1 aliphatic rings. The Labute approximate surface area is 70.8 Å². The summed E-state index contributed by atoms with van der Waals surface area (Å²) in [4.78, 5) is 13.6. The van der Waals surface area contributed by atoms with Crippen molar-refractivity contribution in [1.82, 2.24) is 10.3 Å². The number of rotatable bonds is 3. The first-order valence-electron chi connectivity index (χ1n) is 4.26. The van der Waals surface area contributed by atoms with Gasteiger partial charge in [0.25, 0.3) is 0 Å². The van der Waals surface area contributed by atoms with E-state index in [9.17, 15) is 4.79 Å². The molecular weight excluding hydrogens is 152 g/mol. The molecule has 1 saturated carbocycles. The molecule has 3 nitrogen and oxygen atoms in total. The van der Waals surface area contributed by atoms with E-state index in [0.29, 0.717) is 6.04 Å². The van der Waals surface area contributed by atoms with Gasteiger partial charge in [-0.25, -0.2) is 0 Å². The fourth-order valence-electron chi connectivity index (χ4n) is 1.14. The Morgan fingerprint density at radius 1 is 1.50 bits per heavy atom. The molecule has 0 aliphatic heterocycles. The van der Waals surface area contributed by atoms with Crippen molar-refractivity contribution in [1.29, 1.82) is 0 Å². The molecule has 0 radical (unpaired) electrons. The smallest absolute Gasteiger partial charge is 0.248 e. The summed E-state index contributed by atoms with van der Waals surface area (Å²) in [5, 5.41) is 3.33. The summed E-state index contributed by atoms with van der Waals surface area (Å²) in [5.74, 6) is 0. The Hall–Kier alpha value is -1.09. The van der Waals surface area contributed by atoms with Crippen molar-refractivity contribution >= 4 is 0 Å². The molecule has 12 heavy (non-hydrogen) atoms. The zero-order valence-electron chi connectivity index (χ0n) is 6.84. The highest BCUT2D eigenvalue weighted by Crippen LogP contribution is 2.18. The van der Waals surface area contributed by atoms with Gasteiger partial charge in [0.1, 0.15) is 0 Å². The van der Waals surface area contributed by atoms with Crippen LogP contribution in [0.4, 0.5) is 0 Å². The number of aromatic nitrogens is 1. The first kappa shape index (κ1) is 7.55. The lowest BCUT2D eigenvalue weighted by Gasteiger charge is -2.01. The number of aromatic amines is 1. The van der Waals surface area contributed by atoms with Crippen LogP contribution in [0.5, 0.6) is 0 Å². The summed E-state index contributed by atoms with van der Waals surface area (Å²) in [7, 11) is 0. The fraction of sp³-hybridized carbons (Fsp3) is 0.444. The van der Waals surface area contributed by atoms with E-state index in [-0.39, 0.29) is 5.56 Å². The van der Waals surface area contributed by atoms with Crippen LogP contribution in [0.25, 0.3) is 0 Å². The molecule has 0 unspecified atom stereocenters. The van der Waals surface area contributed by atoms with Gasteiger partial charge in [-0.05, 0) is 18.9 Å². The fourth-order valence-corrected chi connectivity index (χ4v) is 1.14. The topological polar surface area (TPSA) is 44.9 Å². The lowest BCUT2D eigenvalue weighted by atomic mass is 10.3. The van der Waals surface area contributed by atoms with Crippen molar-refractivity contribution in [3.8, 4) is 0 Å². The molecule has 1 aromatic heterocycles. The molecule has 1 aliphatic carbocycles. The molecule has 1 heterocycles. The highest BCUT2D eigenvalue weighted by Gasteiger charge is 2.19. The van der Waals surface area contributed by atoms with Gasteiger partial charge in [0.2, 0.25) is 5.56 Å². The molecule has 0 bridgehead atoms. The van der Waals surface area contributed by atoms with Crippen LogP contribution in [0.1, 0.15) is 18.5 Å². The van der Waals surface area contributed by atoms with Crippen LogP contribution in [-0.2, 0) is 6.54 Å². The van der Waals surface area contributed by atoms with Crippen molar-refractivity contribution < 1.29 is 0 Å². The van der Waals surface area contributed by atoms with Crippen molar-refractivity contribution in [3.63, 3.8) is 0 Å². The van der Waals surface area contributed by atoms with Crippen LogP contribution >= 0.6 is 0 Å². The predicted molar refractivity (Wildman–Crippen MR) is 46.9 cm³/mol. The Bertz CT molecular complexity index is 314. The molecule has 2 rings (SSSR count). The molecule has 0 spiro atoms. The summed E-state index contributed by atoms with van der Waals surface area (Å²) < 4.78 is 0. The second-order valence-electron chi connectivity index (χ2n) is 3.20. The summed E-state index contributed by atoms with van der Waals surface area (Å²) >= 11 is 0. The van der Waals surface area contributed by atoms with Crippen molar-refractivity contribution in [2.45, 2.75) is 25.4 Å². The van der Waals surface area contributed by atoms with Crippen molar-refractivity contribution in [2.24, 2.45) is 0 Å². The molecule has 2 N–H and O–H groups in total. The van der Waals surface area contributed by atoms with Crippen LogP contribution in [0.3, 0.4) is 0 Å². The number of nitrogens with one attached hydrogen (secondary N) is 2. The van der Waals surface area contributed by atoms with E-state index in [2.05, 4.69) is 10.3 Å². The first-order chi connectivity index (χ1) is 5.84. The van der Waals surface area contributed by atoms with Gasteiger partial charge in [0, 0.05) is 24.3 Å². The second kappa shape index (κ2) is 3.11. The number of H-pyrrole nitrogens is 1. The molecule has 1 aromatic rings. The van der Waals surface area contributed by atoms with Crippen LogP contribution in [0.15, 0.2) is 23.0 Å². The van der Waals surface area contributed by atoms with Crippen LogP contribution < -0.4 is 10.9 Å². The van der Waals surface area contributed by atoms with Crippen molar-refractivity contribution in [2.75, 3.05) is 0 Å². The number of pyridine rings is 1. The molecule has 0 aromatic carbocycles. The maximum Gasteiger partial charge on any atom is 0.248 e. The molecule has 0 saturated heterocycles. The third kappa shape index (κ3) is 1.95. The van der Waals surface area contributed by atoms with Gasteiger partial charge < -0.3 is 10.3 Å². The van der Waals surface area contributed by atoms with Gasteiger partial charge >= 0.3 is 0 Å². The number of hydrogen-bond acceptors (Lipinski definition) is 2. The van der Waals surface area contributed by atoms with Gasteiger partial charge in [-0.15, -0.1) is 0 Å². The Balaban J connectivity index is 1.97. The monoisotopic (exact) mass is 164 g/mol. The minimum absolute atomic E-state index is 0.0231. The third-order valence-electron chi connectivity index (χ3n) is 1.99. The lowest BCUT2D eigenvalue weighted by molar-refractivity contribution is 0.673. The minimum atomic E-state index is -0.0231. The van der Waals surface area contributed by atoms with Crippen molar-refractivity contribution in [3.05, 3.63) is 34.2 Å². The van der Waals surface area contributed by atoms with E-state index >= 15 is 0 Å². The summed E-state index contributed by atoms with van der Waals surface area (Å²) in [6, 6.07) is 5.92. The van der Waals surface area contributed by atoms with E-state index in [1.807, 2.05) is 6.07 Å². The van der Waals surface area contributed by atoms with Gasteiger partial charge in [-0.1, -0.05) is 6.07 Å². The van der Waals surface area contributed by atoms with Gasteiger partial charge in [-0.3, -0.25) is 4.79 Å². The van der Waals surface area contributed by atoms with E-state index < -0.39 is 0 Å². The highest BCUT2D eigenvalue weighted by molar-refractivity contribution is 5.04. The zero-order chi connectivity index (χ0) is 8.39. The van der Waals surface area contributed by atoms with Crippen LogP contribution in [-0.4, -0.2) is 11.0 Å². The van der Waals surface area contributed by atoms with Crippen LogP contribution in [0.2, 0.25) is 0 Å². The van der Waals surface area contributed by atoms with Gasteiger partial charge in [-0.2, -0.15) is 0 Å². The second-order valence-corrected chi connectivity index (χ2v) is 3.20. The molecule has 64 valence electrons. The van der Waals surface area contributed by atoms with Gasteiger partial charge in [0.15, 0.2) is 0 Å². The van der Waals surface area contributed by atoms with E-state index in [1.165, 1.54) is 18.9 Å². The average molecular weight is 164 g/mol. The maximum atomic E-state index is 10.9. The highest BCUT2D eigenvalue weighted by atomic mass is 16.1. The molecule has 3 heteroatoms. The largest absolute Gasteiger partial charge is 0.325 e. The Morgan fingerprint density at radius 2 is 2.33 bits per heavy atom. The SMILES string of the molecule is O=c1cccc(CNC2CC2)[nH]1. The standard InChI is InChI=1S/C9H12N2O/c12-9-3-1-2-8(11-9)6-10-7-4-5-7/h1-3,7,10H,4-6H2,(H,11,12). The summed E-state index contributed by atoms with van der Waals surface area (Å²) in [5.41, 5.74) is 0.944. The zero-order valence-corrected chi connectivity index (χ0v) is 6.84. The Morgan fingerprint density at radius 3 is 3.00 bits per heavy atom. The number of hydrogen-bond donors (Lipinski definition) is 2. The molecule has 0 amide bonds. The predicted octanol–water partition coefficient (Wildman–Crippen LogP) is 0.627. The molecule has 0 atom stereocenters. The normalized spacial score (nSPS) is 16.3. The minimum Gasteiger partial charge on any atom is -0.325 e. The first-order valence-corrected chi connectivity index (χ1v) is 4.26. The third-order valence-corrected chi connectivity index (χ3v) is 1.99. The quantitative estimate of drug-likeness (QED) is 0.688. The lowest BCUT2D eigenvalue weighted by Crippen LogP contribution is -2.18.